The fourth-order valence-corrected chi connectivity index (χ4v) is 2.82. The predicted molar refractivity (Wildman–Crippen MR) is 106 cm³/mol. The molecular formula is C21H17N3O5. The molecule has 1 amide bonds. The summed E-state index contributed by atoms with van der Waals surface area (Å²) < 4.78 is 15.6. The highest BCUT2D eigenvalue weighted by molar-refractivity contribution is 6.06. The van der Waals surface area contributed by atoms with Crippen LogP contribution in [-0.2, 0) is 0 Å². The van der Waals surface area contributed by atoms with Crippen LogP contribution in [0.3, 0.4) is 0 Å². The van der Waals surface area contributed by atoms with E-state index in [1.54, 1.807) is 48.5 Å². The predicted octanol–water partition coefficient (Wildman–Crippen LogP) is 3.88. The number of ether oxygens (including phenoxy) is 1. The van der Waals surface area contributed by atoms with Gasteiger partial charge in [-0.25, -0.2) is 9.42 Å². The summed E-state index contributed by atoms with van der Waals surface area (Å²) in [4.78, 5) is 24.8. The second-order valence-electron chi connectivity index (χ2n) is 6.59. The smallest absolute Gasteiger partial charge is 0.349 e. The van der Waals surface area contributed by atoms with Crippen LogP contribution in [0.1, 0.15) is 24.2 Å². The van der Waals surface area contributed by atoms with E-state index >= 15 is 0 Å². The number of carbonyl (C=O) groups is 1. The number of nitrogens with zero attached hydrogens (tertiary/aromatic N) is 2. The molecular weight excluding hydrogens is 374 g/mol. The lowest BCUT2D eigenvalue weighted by molar-refractivity contribution is 0.102. The Hall–Kier alpha value is -3.94. The number of para-hydroxylation sites is 1. The second-order valence-corrected chi connectivity index (χ2v) is 6.59. The monoisotopic (exact) mass is 391 g/mol. The molecule has 0 unspecified atom stereocenters. The molecule has 4 aromatic rings. The lowest BCUT2D eigenvalue weighted by Gasteiger charge is -2.09. The Morgan fingerprint density at radius 3 is 2.59 bits per heavy atom. The van der Waals surface area contributed by atoms with E-state index in [1.807, 2.05) is 13.8 Å². The number of hydrogen-bond acceptors (Lipinski definition) is 7. The Balaban J connectivity index is 1.60. The van der Waals surface area contributed by atoms with Crippen LogP contribution in [0.2, 0.25) is 0 Å². The number of benzene rings is 2. The molecule has 0 fully saturated rings. The first-order valence-corrected chi connectivity index (χ1v) is 8.95. The molecule has 0 spiro atoms. The van der Waals surface area contributed by atoms with Crippen molar-refractivity contribution < 1.29 is 18.6 Å². The van der Waals surface area contributed by atoms with E-state index in [0.717, 1.165) is 0 Å². The van der Waals surface area contributed by atoms with Gasteiger partial charge in [-0.1, -0.05) is 18.2 Å². The number of anilines is 1. The van der Waals surface area contributed by atoms with E-state index < -0.39 is 11.5 Å². The van der Waals surface area contributed by atoms with Crippen molar-refractivity contribution in [2.75, 3.05) is 5.32 Å². The highest BCUT2D eigenvalue weighted by Gasteiger charge is 2.19. The number of carbonyl (C=O) groups excluding carboxylic acids is 1. The molecule has 2 aromatic heterocycles. The van der Waals surface area contributed by atoms with E-state index in [9.17, 15) is 9.59 Å². The number of hydrogen-bond donors (Lipinski definition) is 1. The fraction of sp³-hybridized carbons (Fsp3) is 0.143. The minimum absolute atomic E-state index is 0.0538. The summed E-state index contributed by atoms with van der Waals surface area (Å²) in [5.74, 6) is 0.140. The third-order valence-electron chi connectivity index (χ3n) is 4.11. The van der Waals surface area contributed by atoms with Crippen molar-refractivity contribution in [2.45, 2.75) is 20.0 Å². The molecule has 8 heteroatoms. The molecule has 0 saturated heterocycles. The Labute approximate surface area is 165 Å². The lowest BCUT2D eigenvalue weighted by Crippen LogP contribution is -2.21. The number of fused-ring (bicyclic) bond motifs is 1. The van der Waals surface area contributed by atoms with Gasteiger partial charge >= 0.3 is 5.63 Å². The summed E-state index contributed by atoms with van der Waals surface area (Å²) in [6.45, 7) is 3.87. The van der Waals surface area contributed by atoms with Gasteiger partial charge in [-0.15, -0.1) is 0 Å². The maximum absolute atomic E-state index is 12.6. The van der Waals surface area contributed by atoms with Crippen molar-refractivity contribution in [3.8, 4) is 17.0 Å². The summed E-state index contributed by atoms with van der Waals surface area (Å²) in [7, 11) is 0. The highest BCUT2D eigenvalue weighted by Crippen LogP contribution is 2.27. The van der Waals surface area contributed by atoms with Crippen molar-refractivity contribution >= 4 is 22.7 Å². The number of rotatable bonds is 5. The van der Waals surface area contributed by atoms with Crippen molar-refractivity contribution in [2.24, 2.45) is 0 Å². The van der Waals surface area contributed by atoms with E-state index in [0.29, 0.717) is 28.0 Å². The topological polar surface area (TPSA) is 107 Å². The summed E-state index contributed by atoms with van der Waals surface area (Å²) in [5.41, 5.74) is 0.525. The van der Waals surface area contributed by atoms with Gasteiger partial charge in [0.15, 0.2) is 5.69 Å². The average Bonchev–Trinajstić information content (AvgIpc) is 3.15. The van der Waals surface area contributed by atoms with Crippen LogP contribution < -0.4 is 15.7 Å². The minimum atomic E-state index is -0.741. The van der Waals surface area contributed by atoms with Crippen LogP contribution in [0.15, 0.2) is 68.4 Å². The van der Waals surface area contributed by atoms with Gasteiger partial charge in [0, 0.05) is 10.9 Å². The number of amides is 1. The van der Waals surface area contributed by atoms with Crippen LogP contribution in [-0.4, -0.2) is 22.3 Å². The molecule has 29 heavy (non-hydrogen) atoms. The van der Waals surface area contributed by atoms with Gasteiger partial charge in [0.2, 0.25) is 5.82 Å². The van der Waals surface area contributed by atoms with Crippen LogP contribution in [0, 0.1) is 0 Å². The summed E-state index contributed by atoms with van der Waals surface area (Å²) in [6, 6.07) is 15.5. The van der Waals surface area contributed by atoms with E-state index in [1.165, 1.54) is 6.07 Å². The fourth-order valence-electron chi connectivity index (χ4n) is 2.82. The van der Waals surface area contributed by atoms with Gasteiger partial charge in [0.05, 0.1) is 6.10 Å². The Bertz CT molecular complexity index is 1230. The van der Waals surface area contributed by atoms with Gasteiger partial charge in [0.25, 0.3) is 5.91 Å². The summed E-state index contributed by atoms with van der Waals surface area (Å²) in [6.07, 6.45) is 0.0538. The van der Waals surface area contributed by atoms with Gasteiger partial charge in [0.1, 0.15) is 16.9 Å². The molecule has 0 saturated carbocycles. The molecule has 2 heterocycles. The van der Waals surface area contributed by atoms with E-state index in [2.05, 4.69) is 15.6 Å². The van der Waals surface area contributed by atoms with Crippen molar-refractivity contribution in [1.82, 2.24) is 10.3 Å². The molecule has 0 aliphatic heterocycles. The van der Waals surface area contributed by atoms with Crippen LogP contribution in [0.4, 0.5) is 5.82 Å². The Morgan fingerprint density at radius 2 is 1.83 bits per heavy atom. The normalized spacial score (nSPS) is 11.0. The maximum atomic E-state index is 12.6. The molecule has 0 atom stereocenters. The molecule has 8 nitrogen and oxygen atoms in total. The molecule has 0 radical (unpaired) electrons. The van der Waals surface area contributed by atoms with E-state index in [-0.39, 0.29) is 17.5 Å². The molecule has 0 aliphatic carbocycles. The quantitative estimate of drug-likeness (QED) is 0.514. The summed E-state index contributed by atoms with van der Waals surface area (Å²) in [5, 5.41) is 10.8. The Kier molecular flexibility index (Phi) is 4.82. The molecule has 0 bridgehead atoms. The molecule has 0 aliphatic rings. The molecule has 146 valence electrons. The van der Waals surface area contributed by atoms with Gasteiger partial charge in [-0.2, -0.15) is 0 Å². The zero-order chi connectivity index (χ0) is 20.4. The van der Waals surface area contributed by atoms with Gasteiger partial charge < -0.3 is 14.5 Å². The third kappa shape index (κ3) is 3.86. The zero-order valence-electron chi connectivity index (χ0n) is 15.7. The third-order valence-corrected chi connectivity index (χ3v) is 4.11. The molecule has 4 rings (SSSR count). The van der Waals surface area contributed by atoms with Crippen LogP contribution in [0.25, 0.3) is 22.2 Å². The van der Waals surface area contributed by atoms with Crippen molar-refractivity contribution in [3.63, 3.8) is 0 Å². The number of nitrogens with one attached hydrogen (secondary N) is 1. The SMILES string of the molecule is CC(C)Oc1ccc(-c2nonc2NC(=O)c2cc3ccccc3oc2=O)cc1. The first-order chi connectivity index (χ1) is 14.0. The first kappa shape index (κ1) is 18.4. The van der Waals surface area contributed by atoms with Gasteiger partial charge in [-0.3, -0.25) is 4.79 Å². The number of aromatic nitrogens is 2. The lowest BCUT2D eigenvalue weighted by atomic mass is 10.1. The summed E-state index contributed by atoms with van der Waals surface area (Å²) >= 11 is 0. The second kappa shape index (κ2) is 7.59. The molecule has 2 aromatic carbocycles. The standard InChI is InChI=1S/C21H17N3O5/c1-12(2)27-15-9-7-13(8-10-15)18-19(24-29-23-18)22-20(25)16-11-14-5-3-4-6-17(14)28-21(16)26/h3-12H,1-2H3,(H,22,24,25). The Morgan fingerprint density at radius 1 is 1.07 bits per heavy atom. The highest BCUT2D eigenvalue weighted by atomic mass is 16.6. The van der Waals surface area contributed by atoms with E-state index in [4.69, 9.17) is 13.8 Å². The van der Waals surface area contributed by atoms with Crippen LogP contribution >= 0.6 is 0 Å². The minimum Gasteiger partial charge on any atom is -0.491 e. The average molecular weight is 391 g/mol. The zero-order valence-corrected chi connectivity index (χ0v) is 15.7. The first-order valence-electron chi connectivity index (χ1n) is 8.95. The van der Waals surface area contributed by atoms with Crippen molar-refractivity contribution in [3.05, 3.63) is 70.6 Å². The van der Waals surface area contributed by atoms with Crippen molar-refractivity contribution in [1.29, 1.82) is 0 Å². The largest absolute Gasteiger partial charge is 0.491 e. The van der Waals surface area contributed by atoms with Gasteiger partial charge in [-0.05, 0) is 60.6 Å². The van der Waals surface area contributed by atoms with Crippen LogP contribution in [0.5, 0.6) is 5.75 Å². The molecule has 1 N–H and O–H groups in total. The maximum Gasteiger partial charge on any atom is 0.349 e.